The molecule has 1 aromatic carbocycles. The second-order valence-corrected chi connectivity index (χ2v) is 6.09. The first-order valence-electron chi connectivity index (χ1n) is 5.62. The summed E-state index contributed by atoms with van der Waals surface area (Å²) in [5, 5.41) is 4.34. The topological polar surface area (TPSA) is 64.1 Å². The quantitative estimate of drug-likeness (QED) is 0.618. The van der Waals surface area contributed by atoms with Crippen LogP contribution in [0.25, 0.3) is 0 Å². The van der Waals surface area contributed by atoms with Crippen molar-refractivity contribution in [2.45, 2.75) is 5.16 Å². The Labute approximate surface area is 133 Å². The van der Waals surface area contributed by atoms with Gasteiger partial charge in [0.1, 0.15) is 5.75 Å². The van der Waals surface area contributed by atoms with Crippen molar-refractivity contribution in [1.29, 1.82) is 0 Å². The number of halogens is 1. The molecule has 106 valence electrons. The minimum absolute atomic E-state index is 0.0192. The number of hydrogen-bond acceptors (Lipinski definition) is 7. The summed E-state index contributed by atoms with van der Waals surface area (Å²) in [7, 11) is 1.59. The molecule has 2 rings (SSSR count). The fraction of sp³-hybridized carbons (Fsp3) is 0.250. The summed E-state index contributed by atoms with van der Waals surface area (Å²) in [6.45, 7) is 0.182. The van der Waals surface area contributed by atoms with Crippen molar-refractivity contribution in [3.8, 4) is 5.75 Å². The molecule has 1 aromatic heterocycles. The average Bonchev–Trinajstić information content (AvgIpc) is 2.92. The van der Waals surface area contributed by atoms with Gasteiger partial charge >= 0.3 is 0 Å². The number of benzene rings is 1. The molecular formula is C12H12BrN3O2S2. The van der Waals surface area contributed by atoms with E-state index in [1.807, 2.05) is 6.26 Å². The number of hydrogen-bond donors (Lipinski definition) is 1. The van der Waals surface area contributed by atoms with E-state index in [1.165, 1.54) is 23.3 Å². The monoisotopic (exact) mass is 373 g/mol. The number of nitrogens with one attached hydrogen (secondary N) is 1. The maximum atomic E-state index is 12.1. The van der Waals surface area contributed by atoms with Crippen molar-refractivity contribution >= 4 is 50.1 Å². The Bertz CT molecular complexity index is 618. The van der Waals surface area contributed by atoms with Crippen molar-refractivity contribution in [1.82, 2.24) is 9.36 Å². The molecule has 0 unspecified atom stereocenters. The van der Waals surface area contributed by atoms with E-state index in [0.717, 1.165) is 4.47 Å². The summed E-state index contributed by atoms with van der Waals surface area (Å²) in [5.74, 6) is 0.678. The van der Waals surface area contributed by atoms with Crippen LogP contribution in [-0.2, 0) is 0 Å². The molecule has 5 nitrogen and oxygen atoms in total. The van der Waals surface area contributed by atoms with Crippen molar-refractivity contribution < 1.29 is 9.53 Å². The lowest BCUT2D eigenvalue weighted by molar-refractivity contribution is 0.101. The predicted molar refractivity (Wildman–Crippen MR) is 85.2 cm³/mol. The predicted octanol–water partition coefficient (Wildman–Crippen LogP) is 3.33. The summed E-state index contributed by atoms with van der Waals surface area (Å²) in [5.41, 5.74) is 0.611. The summed E-state index contributed by atoms with van der Waals surface area (Å²) >= 11 is 6.08. The Balaban J connectivity index is 1.99. The van der Waals surface area contributed by atoms with Crippen LogP contribution in [0.4, 0.5) is 5.13 Å². The van der Waals surface area contributed by atoms with Crippen LogP contribution in [0.5, 0.6) is 5.75 Å². The third kappa shape index (κ3) is 3.71. The number of aromatic nitrogens is 2. The maximum Gasteiger partial charge on any atom is 0.203 e. The molecule has 0 saturated carbocycles. The van der Waals surface area contributed by atoms with Crippen LogP contribution in [0.1, 0.15) is 10.4 Å². The molecular weight excluding hydrogens is 362 g/mol. The van der Waals surface area contributed by atoms with Gasteiger partial charge < -0.3 is 10.1 Å². The average molecular weight is 374 g/mol. The zero-order valence-electron chi connectivity index (χ0n) is 10.8. The summed E-state index contributed by atoms with van der Waals surface area (Å²) in [4.78, 5) is 16.3. The standard InChI is InChI=1S/C12H12BrN3O2S2/c1-18-10-4-3-7(5-8(10)13)9(17)6-14-11-15-12(19-2)16-20-11/h3-5H,6H2,1-2H3,(H,14,15,16). The number of Topliss-reactive ketones (excluding diaryl/α,β-unsaturated/α-hetero) is 1. The van der Waals surface area contributed by atoms with Gasteiger partial charge in [0, 0.05) is 17.1 Å². The summed E-state index contributed by atoms with van der Waals surface area (Å²) < 4.78 is 10.0. The van der Waals surface area contributed by atoms with E-state index in [4.69, 9.17) is 4.74 Å². The molecule has 0 spiro atoms. The first-order chi connectivity index (χ1) is 9.63. The van der Waals surface area contributed by atoms with Gasteiger partial charge in [-0.05, 0) is 40.4 Å². The fourth-order valence-corrected chi connectivity index (χ4v) is 3.12. The van der Waals surface area contributed by atoms with Gasteiger partial charge in [-0.15, -0.1) is 0 Å². The van der Waals surface area contributed by atoms with Gasteiger partial charge in [-0.25, -0.2) is 0 Å². The smallest absolute Gasteiger partial charge is 0.203 e. The number of carbonyl (C=O) groups excluding carboxylic acids is 1. The van der Waals surface area contributed by atoms with Crippen LogP contribution in [0.15, 0.2) is 27.8 Å². The normalized spacial score (nSPS) is 10.3. The van der Waals surface area contributed by atoms with Crippen LogP contribution in [-0.4, -0.2) is 35.1 Å². The van der Waals surface area contributed by atoms with E-state index >= 15 is 0 Å². The van der Waals surface area contributed by atoms with Crippen molar-refractivity contribution in [3.63, 3.8) is 0 Å². The molecule has 0 aliphatic heterocycles. The van der Waals surface area contributed by atoms with Gasteiger partial charge in [0.2, 0.25) is 10.3 Å². The number of thioether (sulfide) groups is 1. The maximum absolute atomic E-state index is 12.1. The van der Waals surface area contributed by atoms with Crippen LogP contribution in [0, 0.1) is 0 Å². The molecule has 0 bridgehead atoms. The molecule has 0 amide bonds. The van der Waals surface area contributed by atoms with Crippen molar-refractivity contribution in [3.05, 3.63) is 28.2 Å². The van der Waals surface area contributed by atoms with E-state index in [1.54, 1.807) is 25.3 Å². The van der Waals surface area contributed by atoms with Gasteiger partial charge in [-0.2, -0.15) is 9.36 Å². The molecule has 0 aliphatic carbocycles. The van der Waals surface area contributed by atoms with Gasteiger partial charge in [-0.3, -0.25) is 4.79 Å². The second kappa shape index (κ2) is 7.05. The van der Waals surface area contributed by atoms with Gasteiger partial charge in [0.15, 0.2) is 5.78 Å². The molecule has 0 atom stereocenters. The molecule has 0 aliphatic rings. The van der Waals surface area contributed by atoms with Gasteiger partial charge in [0.05, 0.1) is 18.1 Å². The molecule has 0 fully saturated rings. The highest BCUT2D eigenvalue weighted by molar-refractivity contribution is 9.10. The number of anilines is 1. The van der Waals surface area contributed by atoms with Crippen LogP contribution >= 0.6 is 39.2 Å². The Morgan fingerprint density at radius 2 is 2.35 bits per heavy atom. The van der Waals surface area contributed by atoms with Crippen molar-refractivity contribution in [2.24, 2.45) is 0 Å². The number of carbonyl (C=O) groups is 1. The Hall–Kier alpha value is -1.12. The fourth-order valence-electron chi connectivity index (χ4n) is 1.46. The summed E-state index contributed by atoms with van der Waals surface area (Å²) in [6.07, 6.45) is 1.91. The van der Waals surface area contributed by atoms with E-state index in [0.29, 0.717) is 21.6 Å². The highest BCUT2D eigenvalue weighted by Gasteiger charge is 2.10. The molecule has 0 radical (unpaired) electrons. The minimum atomic E-state index is -0.0192. The van der Waals surface area contributed by atoms with Crippen LogP contribution < -0.4 is 10.1 Å². The lowest BCUT2D eigenvalue weighted by atomic mass is 10.1. The number of ether oxygens (including phenoxy) is 1. The highest BCUT2D eigenvalue weighted by Crippen LogP contribution is 2.25. The van der Waals surface area contributed by atoms with E-state index in [-0.39, 0.29) is 12.3 Å². The largest absolute Gasteiger partial charge is 0.496 e. The first-order valence-corrected chi connectivity index (χ1v) is 8.41. The molecule has 20 heavy (non-hydrogen) atoms. The summed E-state index contributed by atoms with van der Waals surface area (Å²) in [6, 6.07) is 5.24. The number of ketones is 1. The number of methoxy groups -OCH3 is 1. The number of nitrogens with zero attached hydrogens (tertiary/aromatic N) is 2. The number of rotatable bonds is 6. The Kier molecular flexibility index (Phi) is 5.38. The minimum Gasteiger partial charge on any atom is -0.496 e. The van der Waals surface area contributed by atoms with Crippen molar-refractivity contribution in [2.75, 3.05) is 25.2 Å². The van der Waals surface area contributed by atoms with Crippen LogP contribution in [0.3, 0.4) is 0 Å². The Morgan fingerprint density at radius 1 is 1.55 bits per heavy atom. The van der Waals surface area contributed by atoms with Gasteiger partial charge in [0.25, 0.3) is 0 Å². The van der Waals surface area contributed by atoms with Crippen LogP contribution in [0.2, 0.25) is 0 Å². The SMILES string of the molecule is COc1ccc(C(=O)CNc2nc(SC)ns2)cc1Br. The zero-order chi connectivity index (χ0) is 14.5. The second-order valence-electron chi connectivity index (χ2n) is 3.71. The van der Waals surface area contributed by atoms with E-state index in [9.17, 15) is 4.79 Å². The first kappa shape index (κ1) is 15.3. The van der Waals surface area contributed by atoms with Gasteiger partial charge in [-0.1, -0.05) is 11.8 Å². The Morgan fingerprint density at radius 3 is 2.95 bits per heavy atom. The highest BCUT2D eigenvalue weighted by atomic mass is 79.9. The zero-order valence-corrected chi connectivity index (χ0v) is 14.1. The third-order valence-electron chi connectivity index (χ3n) is 2.46. The third-order valence-corrected chi connectivity index (χ3v) is 4.42. The molecule has 2 aromatic rings. The van der Waals surface area contributed by atoms with E-state index < -0.39 is 0 Å². The molecule has 1 N–H and O–H groups in total. The molecule has 8 heteroatoms. The lowest BCUT2D eigenvalue weighted by Crippen LogP contribution is -2.13. The lowest BCUT2D eigenvalue weighted by Gasteiger charge is -2.06. The van der Waals surface area contributed by atoms with E-state index in [2.05, 4.69) is 30.6 Å². The molecule has 1 heterocycles. The molecule has 0 saturated heterocycles.